The van der Waals surface area contributed by atoms with Gasteiger partial charge in [0.05, 0.1) is 18.8 Å². The van der Waals surface area contributed by atoms with Gasteiger partial charge in [0, 0.05) is 24.5 Å². The van der Waals surface area contributed by atoms with Gasteiger partial charge in [0.15, 0.2) is 0 Å². The van der Waals surface area contributed by atoms with Crippen molar-refractivity contribution in [3.8, 4) is 17.0 Å². The summed E-state index contributed by atoms with van der Waals surface area (Å²) in [6.07, 6.45) is 6.70. The van der Waals surface area contributed by atoms with E-state index in [4.69, 9.17) is 4.74 Å². The summed E-state index contributed by atoms with van der Waals surface area (Å²) in [5.74, 6) is 0.772. The smallest absolute Gasteiger partial charge is 0.272 e. The lowest BCUT2D eigenvalue weighted by molar-refractivity contribution is 0.0605. The quantitative estimate of drug-likeness (QED) is 0.765. The summed E-state index contributed by atoms with van der Waals surface area (Å²) < 4.78 is 5.19. The van der Waals surface area contributed by atoms with E-state index in [0.29, 0.717) is 5.69 Å². The van der Waals surface area contributed by atoms with Crippen molar-refractivity contribution < 1.29 is 9.53 Å². The molecule has 1 fully saturated rings. The van der Waals surface area contributed by atoms with E-state index in [1.54, 1.807) is 13.3 Å². The van der Waals surface area contributed by atoms with E-state index < -0.39 is 0 Å². The lowest BCUT2D eigenvalue weighted by atomic mass is 9.96. The van der Waals surface area contributed by atoms with Crippen LogP contribution >= 0.6 is 0 Å². The molecule has 1 aliphatic rings. The molecule has 0 aliphatic carbocycles. The molecule has 0 radical (unpaired) electrons. The van der Waals surface area contributed by atoms with Crippen LogP contribution in [0.4, 0.5) is 0 Å². The predicted molar refractivity (Wildman–Crippen MR) is 102 cm³/mol. The molecule has 1 unspecified atom stereocenters. The molecular weight excluding hydrogens is 340 g/mol. The lowest BCUT2D eigenvalue weighted by Gasteiger charge is -2.35. The molecule has 1 aliphatic heterocycles. The van der Waals surface area contributed by atoms with Crippen molar-refractivity contribution >= 4 is 5.91 Å². The highest BCUT2D eigenvalue weighted by atomic mass is 16.5. The maximum atomic E-state index is 13.1. The normalized spacial score (nSPS) is 16.9. The Hall–Kier alpha value is -3.15. The van der Waals surface area contributed by atoms with Gasteiger partial charge in [-0.3, -0.25) is 14.9 Å². The number of likely N-dealkylation sites (tertiary alicyclic amines) is 1. The highest BCUT2D eigenvalue weighted by Crippen LogP contribution is 2.32. The molecule has 3 aromatic rings. The number of amides is 1. The van der Waals surface area contributed by atoms with Gasteiger partial charge < -0.3 is 9.64 Å². The van der Waals surface area contributed by atoms with Crippen LogP contribution in [0.1, 0.15) is 41.4 Å². The highest BCUT2D eigenvalue weighted by molar-refractivity contribution is 5.93. The molecule has 1 saturated heterocycles. The van der Waals surface area contributed by atoms with Crippen LogP contribution in [0, 0.1) is 0 Å². The summed E-state index contributed by atoms with van der Waals surface area (Å²) >= 11 is 0. The first kappa shape index (κ1) is 17.3. The minimum absolute atomic E-state index is 0.0178. The van der Waals surface area contributed by atoms with Crippen LogP contribution in [-0.4, -0.2) is 39.6 Å². The Morgan fingerprint density at radius 2 is 2.07 bits per heavy atom. The molecule has 4 rings (SSSR count). The first-order valence-electron chi connectivity index (χ1n) is 9.17. The number of methoxy groups -OCH3 is 1. The molecule has 3 heterocycles. The van der Waals surface area contributed by atoms with E-state index in [9.17, 15) is 4.79 Å². The minimum atomic E-state index is -0.0178. The Balaban J connectivity index is 1.57. The number of rotatable bonds is 4. The molecule has 0 spiro atoms. The zero-order valence-corrected chi connectivity index (χ0v) is 15.3. The molecule has 0 bridgehead atoms. The van der Waals surface area contributed by atoms with E-state index in [-0.39, 0.29) is 11.9 Å². The molecule has 27 heavy (non-hydrogen) atoms. The van der Waals surface area contributed by atoms with Crippen LogP contribution in [0.2, 0.25) is 0 Å². The third kappa shape index (κ3) is 3.56. The second kappa shape index (κ2) is 7.61. The molecule has 138 valence electrons. The van der Waals surface area contributed by atoms with E-state index in [1.807, 2.05) is 53.6 Å². The van der Waals surface area contributed by atoms with Gasteiger partial charge in [0.1, 0.15) is 11.4 Å². The van der Waals surface area contributed by atoms with Crippen LogP contribution < -0.4 is 4.74 Å². The lowest BCUT2D eigenvalue weighted by Crippen LogP contribution is -2.38. The van der Waals surface area contributed by atoms with Gasteiger partial charge in [-0.05, 0) is 61.2 Å². The zero-order valence-electron chi connectivity index (χ0n) is 15.3. The standard InChI is InChI=1S/C21H22N4O2/c1-27-17-9-7-15(8-10-17)18-13-19(24-23-18)21(26)25-12-3-2-6-20(25)16-5-4-11-22-14-16/h4-5,7-11,13-14,20H,2-3,6,12H2,1H3,(H,23,24). The van der Waals surface area contributed by atoms with Gasteiger partial charge >= 0.3 is 0 Å². The number of benzene rings is 1. The summed E-state index contributed by atoms with van der Waals surface area (Å²) in [6.45, 7) is 0.745. The SMILES string of the molecule is COc1ccc(-c2cc(C(=O)N3CCCCC3c3cccnc3)[nH]n2)cc1. The maximum Gasteiger partial charge on any atom is 0.272 e. The first-order chi connectivity index (χ1) is 13.3. The molecule has 6 heteroatoms. The van der Waals surface area contributed by atoms with Crippen LogP contribution in [0.5, 0.6) is 5.75 Å². The van der Waals surface area contributed by atoms with Crippen molar-refractivity contribution in [1.82, 2.24) is 20.1 Å². The number of pyridine rings is 1. The second-order valence-electron chi connectivity index (χ2n) is 6.69. The molecule has 1 aromatic carbocycles. The number of piperidine rings is 1. The van der Waals surface area contributed by atoms with Crippen LogP contribution in [-0.2, 0) is 0 Å². The topological polar surface area (TPSA) is 71.1 Å². The third-order valence-electron chi connectivity index (χ3n) is 5.03. The monoisotopic (exact) mass is 362 g/mol. The van der Waals surface area contributed by atoms with Gasteiger partial charge in [0.25, 0.3) is 5.91 Å². The predicted octanol–water partition coefficient (Wildman–Crippen LogP) is 3.85. The Morgan fingerprint density at radius 3 is 2.81 bits per heavy atom. The van der Waals surface area contributed by atoms with Crippen molar-refractivity contribution in [3.63, 3.8) is 0 Å². The fourth-order valence-corrected chi connectivity index (χ4v) is 3.59. The molecule has 0 saturated carbocycles. The van der Waals surface area contributed by atoms with Gasteiger partial charge in [-0.15, -0.1) is 0 Å². The van der Waals surface area contributed by atoms with Crippen molar-refractivity contribution in [1.29, 1.82) is 0 Å². The van der Waals surface area contributed by atoms with Gasteiger partial charge in [-0.25, -0.2) is 0 Å². The summed E-state index contributed by atoms with van der Waals surface area (Å²) in [5, 5.41) is 7.24. The van der Waals surface area contributed by atoms with E-state index in [0.717, 1.165) is 48.4 Å². The molecular formula is C21H22N4O2. The summed E-state index contributed by atoms with van der Waals surface area (Å²) in [7, 11) is 1.64. The van der Waals surface area contributed by atoms with Crippen LogP contribution in [0.15, 0.2) is 54.9 Å². The largest absolute Gasteiger partial charge is 0.497 e. The van der Waals surface area contributed by atoms with E-state index in [1.165, 1.54) is 0 Å². The number of nitrogens with zero attached hydrogens (tertiary/aromatic N) is 3. The molecule has 2 aromatic heterocycles. The minimum Gasteiger partial charge on any atom is -0.497 e. The van der Waals surface area contributed by atoms with Crippen LogP contribution in [0.3, 0.4) is 0 Å². The van der Waals surface area contributed by atoms with Crippen LogP contribution in [0.25, 0.3) is 11.3 Å². The Bertz CT molecular complexity index is 905. The Morgan fingerprint density at radius 1 is 1.22 bits per heavy atom. The van der Waals surface area contributed by atoms with Crippen molar-refractivity contribution in [2.24, 2.45) is 0 Å². The molecule has 1 amide bonds. The number of aromatic amines is 1. The van der Waals surface area contributed by atoms with Crippen molar-refractivity contribution in [2.75, 3.05) is 13.7 Å². The molecule has 6 nitrogen and oxygen atoms in total. The number of aromatic nitrogens is 3. The third-order valence-corrected chi connectivity index (χ3v) is 5.03. The maximum absolute atomic E-state index is 13.1. The van der Waals surface area contributed by atoms with E-state index >= 15 is 0 Å². The van der Waals surface area contributed by atoms with Gasteiger partial charge in [-0.2, -0.15) is 5.10 Å². The average molecular weight is 362 g/mol. The average Bonchev–Trinajstić information content (AvgIpc) is 3.24. The second-order valence-corrected chi connectivity index (χ2v) is 6.69. The van der Waals surface area contributed by atoms with Gasteiger partial charge in [-0.1, -0.05) is 6.07 Å². The molecule has 1 atom stereocenters. The summed E-state index contributed by atoms with van der Waals surface area (Å²) in [5.41, 5.74) is 3.28. The highest BCUT2D eigenvalue weighted by Gasteiger charge is 2.29. The summed E-state index contributed by atoms with van der Waals surface area (Å²) in [6, 6.07) is 13.5. The van der Waals surface area contributed by atoms with Gasteiger partial charge in [0.2, 0.25) is 0 Å². The zero-order chi connectivity index (χ0) is 18.6. The number of carbonyl (C=O) groups is 1. The number of carbonyl (C=O) groups excluding carboxylic acids is 1. The number of nitrogens with one attached hydrogen (secondary N) is 1. The summed E-state index contributed by atoms with van der Waals surface area (Å²) in [4.78, 5) is 19.3. The fourth-order valence-electron chi connectivity index (χ4n) is 3.59. The van der Waals surface area contributed by atoms with E-state index in [2.05, 4.69) is 15.2 Å². The number of hydrogen-bond acceptors (Lipinski definition) is 4. The number of hydrogen-bond donors (Lipinski definition) is 1. The Kier molecular flexibility index (Phi) is 4.87. The fraction of sp³-hybridized carbons (Fsp3) is 0.286. The Labute approximate surface area is 158 Å². The van der Waals surface area contributed by atoms with Crippen molar-refractivity contribution in [2.45, 2.75) is 25.3 Å². The number of ether oxygens (including phenoxy) is 1. The number of H-pyrrole nitrogens is 1. The van der Waals surface area contributed by atoms with Crippen molar-refractivity contribution in [3.05, 3.63) is 66.1 Å². The first-order valence-corrected chi connectivity index (χ1v) is 9.17. The molecule has 1 N–H and O–H groups in total.